The van der Waals surface area contributed by atoms with Gasteiger partial charge in [-0.25, -0.2) is 4.68 Å². The minimum atomic E-state index is -4.46. The largest absolute Gasteiger partial charge is 0.401 e. The van der Waals surface area contributed by atoms with E-state index in [2.05, 4.69) is 15.4 Å². The molecular formula is C16H14ClF3N4. The lowest BCUT2D eigenvalue weighted by molar-refractivity contribution is -0.199. The molecule has 1 aromatic carbocycles. The van der Waals surface area contributed by atoms with E-state index in [1.807, 2.05) is 0 Å². The van der Waals surface area contributed by atoms with Gasteiger partial charge in [-0.05, 0) is 31.2 Å². The van der Waals surface area contributed by atoms with Gasteiger partial charge in [0, 0.05) is 18.1 Å². The van der Waals surface area contributed by atoms with Crippen molar-refractivity contribution in [3.63, 3.8) is 0 Å². The molecule has 3 rings (SSSR count). The van der Waals surface area contributed by atoms with E-state index in [1.54, 1.807) is 47.4 Å². The third-order valence-corrected chi connectivity index (χ3v) is 4.18. The van der Waals surface area contributed by atoms with Crippen LogP contribution < -0.4 is 5.32 Å². The Morgan fingerprint density at radius 2 is 2.00 bits per heavy atom. The Bertz CT molecular complexity index is 796. The van der Waals surface area contributed by atoms with Crippen molar-refractivity contribution in [1.82, 2.24) is 9.78 Å². The van der Waals surface area contributed by atoms with Gasteiger partial charge in [-0.1, -0.05) is 23.7 Å². The van der Waals surface area contributed by atoms with Gasteiger partial charge in [-0.3, -0.25) is 4.99 Å². The lowest BCUT2D eigenvalue weighted by Gasteiger charge is -2.35. The highest BCUT2D eigenvalue weighted by Crippen LogP contribution is 2.46. The third kappa shape index (κ3) is 2.91. The number of para-hydroxylation sites is 2. The van der Waals surface area contributed by atoms with E-state index in [9.17, 15) is 13.2 Å². The van der Waals surface area contributed by atoms with E-state index < -0.39 is 18.1 Å². The summed E-state index contributed by atoms with van der Waals surface area (Å²) in [5.41, 5.74) is -1.06. The van der Waals surface area contributed by atoms with Gasteiger partial charge in [0.15, 0.2) is 0 Å². The zero-order valence-corrected chi connectivity index (χ0v) is 13.4. The molecular weight excluding hydrogens is 341 g/mol. The molecule has 1 N–H and O–H groups in total. The van der Waals surface area contributed by atoms with E-state index in [1.165, 1.54) is 6.08 Å². The zero-order chi connectivity index (χ0) is 17.4. The number of anilines is 1. The van der Waals surface area contributed by atoms with Crippen molar-refractivity contribution in [3.05, 3.63) is 54.5 Å². The van der Waals surface area contributed by atoms with Crippen LogP contribution in [0.4, 0.5) is 18.9 Å². The molecule has 0 spiro atoms. The zero-order valence-electron chi connectivity index (χ0n) is 12.7. The summed E-state index contributed by atoms with van der Waals surface area (Å²) in [5.74, 6) is 0. The first kappa shape index (κ1) is 16.6. The predicted molar refractivity (Wildman–Crippen MR) is 87.6 cm³/mol. The van der Waals surface area contributed by atoms with Crippen LogP contribution in [-0.2, 0) is 0 Å². The Kier molecular flexibility index (Phi) is 4.13. The smallest absolute Gasteiger partial charge is 0.356 e. The standard InChI is InChI=1S/C16H14ClF3N4/c1-15(16(18,19)20)10-21-14(17)9-13(15)23-11-5-2-3-6-12(11)24-8-4-7-22-24/h2-9,23H,10H2,1H3. The van der Waals surface area contributed by atoms with Crippen LogP contribution in [0.15, 0.2) is 59.5 Å². The number of nitrogens with zero attached hydrogens (tertiary/aromatic N) is 3. The van der Waals surface area contributed by atoms with Crippen LogP contribution in [0.1, 0.15) is 6.92 Å². The van der Waals surface area contributed by atoms with E-state index in [4.69, 9.17) is 11.6 Å². The Hall–Kier alpha value is -2.28. The number of hydrogen-bond acceptors (Lipinski definition) is 3. The topological polar surface area (TPSA) is 42.2 Å². The fourth-order valence-electron chi connectivity index (χ4n) is 2.39. The maximum Gasteiger partial charge on any atom is 0.401 e. The van der Waals surface area contributed by atoms with Gasteiger partial charge in [0.1, 0.15) is 10.6 Å². The molecule has 0 bridgehead atoms. The summed E-state index contributed by atoms with van der Waals surface area (Å²) in [6, 6.07) is 8.71. The molecule has 2 aromatic rings. The molecule has 1 unspecified atom stereocenters. The molecule has 4 nitrogen and oxygen atoms in total. The van der Waals surface area contributed by atoms with Crippen molar-refractivity contribution in [2.45, 2.75) is 13.1 Å². The van der Waals surface area contributed by atoms with Gasteiger partial charge < -0.3 is 5.32 Å². The summed E-state index contributed by atoms with van der Waals surface area (Å²) in [4.78, 5) is 3.74. The third-order valence-electron chi connectivity index (χ3n) is 3.95. The monoisotopic (exact) mass is 354 g/mol. The SMILES string of the molecule is CC1(C(F)(F)F)CN=C(Cl)C=C1Nc1ccccc1-n1cccn1. The van der Waals surface area contributed by atoms with Crippen LogP contribution in [0.3, 0.4) is 0 Å². The Labute approximate surface area is 141 Å². The molecule has 1 aliphatic heterocycles. The fourth-order valence-corrected chi connectivity index (χ4v) is 2.56. The number of hydrogen-bond donors (Lipinski definition) is 1. The summed E-state index contributed by atoms with van der Waals surface area (Å²) < 4.78 is 42.3. The van der Waals surface area contributed by atoms with Gasteiger partial charge in [0.05, 0.1) is 17.9 Å². The lowest BCUT2D eigenvalue weighted by atomic mass is 9.84. The summed E-state index contributed by atoms with van der Waals surface area (Å²) in [6.45, 7) is 0.646. The average molecular weight is 355 g/mol. The highest BCUT2D eigenvalue weighted by molar-refractivity contribution is 6.68. The Morgan fingerprint density at radius 3 is 2.67 bits per heavy atom. The highest BCUT2D eigenvalue weighted by Gasteiger charge is 2.54. The second-order valence-electron chi connectivity index (χ2n) is 5.62. The van der Waals surface area contributed by atoms with Gasteiger partial charge >= 0.3 is 6.18 Å². The molecule has 0 aliphatic carbocycles. The number of halogens is 4. The van der Waals surface area contributed by atoms with E-state index in [-0.39, 0.29) is 10.9 Å². The first-order valence-electron chi connectivity index (χ1n) is 7.16. The molecule has 2 heterocycles. The van der Waals surface area contributed by atoms with E-state index in [0.29, 0.717) is 11.4 Å². The summed E-state index contributed by atoms with van der Waals surface area (Å²) >= 11 is 5.84. The van der Waals surface area contributed by atoms with Crippen molar-refractivity contribution in [2.75, 3.05) is 11.9 Å². The predicted octanol–water partition coefficient (Wildman–Crippen LogP) is 4.39. The number of benzene rings is 1. The van der Waals surface area contributed by atoms with E-state index in [0.717, 1.165) is 6.92 Å². The van der Waals surface area contributed by atoms with Crippen molar-refractivity contribution in [1.29, 1.82) is 0 Å². The number of dihydropyridines is 1. The number of alkyl halides is 3. The number of aromatic nitrogens is 2. The number of nitrogens with one attached hydrogen (secondary N) is 1. The lowest BCUT2D eigenvalue weighted by Crippen LogP contribution is -2.43. The maximum atomic E-state index is 13.6. The van der Waals surface area contributed by atoms with Gasteiger partial charge in [0.25, 0.3) is 0 Å². The molecule has 126 valence electrons. The molecule has 24 heavy (non-hydrogen) atoms. The molecule has 1 aromatic heterocycles. The minimum absolute atomic E-state index is 0.0378. The molecule has 1 atom stereocenters. The van der Waals surface area contributed by atoms with Crippen LogP contribution in [0.2, 0.25) is 0 Å². The van der Waals surface area contributed by atoms with Crippen LogP contribution in [0.5, 0.6) is 0 Å². The molecule has 0 fully saturated rings. The molecule has 8 heteroatoms. The van der Waals surface area contributed by atoms with Crippen LogP contribution in [-0.4, -0.2) is 27.7 Å². The van der Waals surface area contributed by atoms with E-state index >= 15 is 0 Å². The van der Waals surface area contributed by atoms with Gasteiger partial charge in [-0.2, -0.15) is 18.3 Å². The summed E-state index contributed by atoms with van der Waals surface area (Å²) in [6.07, 6.45) is 0.0686. The van der Waals surface area contributed by atoms with Crippen molar-refractivity contribution in [2.24, 2.45) is 10.4 Å². The van der Waals surface area contributed by atoms with Crippen LogP contribution in [0, 0.1) is 5.41 Å². The molecule has 0 saturated heterocycles. The van der Waals surface area contributed by atoms with Crippen molar-refractivity contribution >= 4 is 22.5 Å². The Morgan fingerprint density at radius 1 is 1.25 bits per heavy atom. The van der Waals surface area contributed by atoms with Gasteiger partial charge in [-0.15, -0.1) is 0 Å². The summed E-state index contributed by atoms with van der Waals surface area (Å²) in [7, 11) is 0. The molecule has 0 amide bonds. The van der Waals surface area contributed by atoms with Gasteiger partial charge in [0.2, 0.25) is 0 Å². The number of aliphatic imine (C=N–C) groups is 1. The Balaban J connectivity index is 2.02. The normalized spacial score (nSPS) is 21.2. The summed E-state index contributed by atoms with van der Waals surface area (Å²) in [5, 5.41) is 7.04. The quantitative estimate of drug-likeness (QED) is 0.888. The molecule has 0 saturated carbocycles. The van der Waals surface area contributed by atoms with Crippen molar-refractivity contribution < 1.29 is 13.2 Å². The second-order valence-corrected chi connectivity index (χ2v) is 6.01. The van der Waals surface area contributed by atoms with Crippen LogP contribution in [0.25, 0.3) is 5.69 Å². The van der Waals surface area contributed by atoms with Crippen LogP contribution >= 0.6 is 11.6 Å². The molecule has 0 radical (unpaired) electrons. The maximum absolute atomic E-state index is 13.6. The number of allylic oxidation sites excluding steroid dienone is 1. The molecule has 1 aliphatic rings. The average Bonchev–Trinajstić information content (AvgIpc) is 3.04. The first-order valence-corrected chi connectivity index (χ1v) is 7.54. The fraction of sp³-hybridized carbons (Fsp3) is 0.250. The van der Waals surface area contributed by atoms with Crippen molar-refractivity contribution in [3.8, 4) is 5.69 Å². The number of rotatable bonds is 3. The second kappa shape index (κ2) is 5.98. The first-order chi connectivity index (χ1) is 11.3. The minimum Gasteiger partial charge on any atom is -0.356 e. The highest BCUT2D eigenvalue weighted by atomic mass is 35.5.